The van der Waals surface area contributed by atoms with E-state index >= 15 is 0 Å². The maximum absolute atomic E-state index is 3.64. The maximum atomic E-state index is 3.64. The zero-order valence-corrected chi connectivity index (χ0v) is 4.49. The summed E-state index contributed by atoms with van der Waals surface area (Å²) in [7, 11) is 0. The Morgan fingerprint density at radius 3 is 1.67 bits per heavy atom. The Hall–Kier alpha value is -0.260. The molecule has 0 heterocycles. The number of hydrogen-bond donors (Lipinski definition) is 0. The Kier molecular flexibility index (Phi) is 1.93. The van der Waals surface area contributed by atoms with Crippen LogP contribution in [0.3, 0.4) is 0 Å². The molecule has 0 amide bonds. The van der Waals surface area contributed by atoms with Gasteiger partial charge in [-0.25, -0.2) is 0 Å². The quantitative estimate of drug-likeness (QED) is 0.455. The largest absolute Gasteiger partial charge is 0.0996 e. The van der Waals surface area contributed by atoms with Crippen molar-refractivity contribution < 1.29 is 0 Å². The van der Waals surface area contributed by atoms with Gasteiger partial charge in [0.2, 0.25) is 0 Å². The zero-order chi connectivity index (χ0) is 5.15. The molecule has 0 nitrogen and oxygen atoms in total. The van der Waals surface area contributed by atoms with Crippen LogP contribution in [0.4, 0.5) is 0 Å². The van der Waals surface area contributed by atoms with Gasteiger partial charge in [0, 0.05) is 0 Å². The topological polar surface area (TPSA) is 0 Å². The van der Waals surface area contributed by atoms with Gasteiger partial charge in [-0.05, 0) is 12.8 Å². The average Bonchev–Trinajstić information content (AvgIpc) is 1.36. The second kappa shape index (κ2) is 2.01. The van der Waals surface area contributed by atoms with Crippen molar-refractivity contribution in [2.24, 2.45) is 5.92 Å². The maximum Gasteiger partial charge on any atom is -0.0263 e. The van der Waals surface area contributed by atoms with Crippen molar-refractivity contribution >= 4 is 0 Å². The van der Waals surface area contributed by atoms with Gasteiger partial charge in [0.1, 0.15) is 0 Å². The van der Waals surface area contributed by atoms with E-state index in [-0.39, 0.29) is 0 Å². The molecule has 35 valence electrons. The Bertz CT molecular complexity index is 51.1. The Morgan fingerprint density at radius 2 is 1.67 bits per heavy atom. The predicted molar refractivity (Wildman–Crippen MR) is 29.3 cm³/mol. The first kappa shape index (κ1) is 5.74. The van der Waals surface area contributed by atoms with Gasteiger partial charge in [-0.2, -0.15) is 0 Å². The Balaban J connectivity index is 3.26. The summed E-state index contributed by atoms with van der Waals surface area (Å²) < 4.78 is 0. The van der Waals surface area contributed by atoms with Crippen LogP contribution in [0.1, 0.15) is 13.8 Å². The summed E-state index contributed by atoms with van der Waals surface area (Å²) in [4.78, 5) is 0. The van der Waals surface area contributed by atoms with E-state index in [4.69, 9.17) is 0 Å². The highest BCUT2D eigenvalue weighted by Gasteiger charge is 1.87. The summed E-state index contributed by atoms with van der Waals surface area (Å²) in [6.07, 6.45) is 0. The molecule has 1 radical (unpaired) electrons. The lowest BCUT2D eigenvalue weighted by atomic mass is 10.1. The van der Waals surface area contributed by atoms with Gasteiger partial charge in [0.05, 0.1) is 0 Å². The van der Waals surface area contributed by atoms with Crippen LogP contribution < -0.4 is 0 Å². The molecule has 0 spiro atoms. The average molecular weight is 83.2 g/mol. The van der Waals surface area contributed by atoms with Crippen LogP contribution in [0, 0.1) is 12.8 Å². The zero-order valence-electron chi connectivity index (χ0n) is 4.49. The van der Waals surface area contributed by atoms with E-state index in [0.717, 1.165) is 5.57 Å². The lowest BCUT2D eigenvalue weighted by molar-refractivity contribution is 0.794. The van der Waals surface area contributed by atoms with Gasteiger partial charge in [-0.3, -0.25) is 0 Å². The van der Waals surface area contributed by atoms with Crippen LogP contribution >= 0.6 is 0 Å². The molecule has 0 aliphatic heterocycles. The smallest absolute Gasteiger partial charge is 0.0263 e. The molecule has 6 heavy (non-hydrogen) atoms. The highest BCUT2D eigenvalue weighted by molar-refractivity contribution is 4.99. The second-order valence-corrected chi connectivity index (χ2v) is 1.81. The minimum absolute atomic E-state index is 0.546. The fourth-order valence-electron chi connectivity index (χ4n) is 0. The molecule has 0 aliphatic carbocycles. The van der Waals surface area contributed by atoms with Gasteiger partial charge in [0.15, 0.2) is 0 Å². The van der Waals surface area contributed by atoms with E-state index in [1.165, 1.54) is 0 Å². The molecule has 0 saturated heterocycles. The molecule has 0 aromatic heterocycles. The number of rotatable bonds is 1. The van der Waals surface area contributed by atoms with E-state index < -0.39 is 0 Å². The third-order valence-corrected chi connectivity index (χ3v) is 0.816. The van der Waals surface area contributed by atoms with Crippen molar-refractivity contribution in [3.8, 4) is 0 Å². The van der Waals surface area contributed by atoms with Crippen molar-refractivity contribution in [1.82, 2.24) is 0 Å². The molecule has 0 N–H and O–H groups in total. The molecule has 0 aromatic carbocycles. The molecule has 0 unspecified atom stereocenters. The summed E-state index contributed by atoms with van der Waals surface area (Å²) in [5, 5.41) is 0. The molecular formula is C6H11. The second-order valence-electron chi connectivity index (χ2n) is 1.81. The van der Waals surface area contributed by atoms with Gasteiger partial charge in [0.25, 0.3) is 0 Å². The molecule has 0 aromatic rings. The number of allylic oxidation sites excluding steroid dienone is 1. The minimum Gasteiger partial charge on any atom is -0.0996 e. The predicted octanol–water partition coefficient (Wildman–Crippen LogP) is 2.03. The van der Waals surface area contributed by atoms with Crippen molar-refractivity contribution in [2.75, 3.05) is 0 Å². The third-order valence-electron chi connectivity index (χ3n) is 0.816. The molecule has 0 atom stereocenters. The fraction of sp³-hybridized carbons (Fsp3) is 0.500. The monoisotopic (exact) mass is 83.1 g/mol. The van der Waals surface area contributed by atoms with Crippen LogP contribution in [0.25, 0.3) is 0 Å². The molecule has 0 aliphatic rings. The highest BCUT2D eigenvalue weighted by Crippen LogP contribution is 2.01. The first-order valence-electron chi connectivity index (χ1n) is 2.15. The summed E-state index contributed by atoms with van der Waals surface area (Å²) in [6.45, 7) is 11.4. The third kappa shape index (κ3) is 2.01. The van der Waals surface area contributed by atoms with E-state index in [1.807, 2.05) is 0 Å². The lowest BCUT2D eigenvalue weighted by Gasteiger charge is -1.97. The highest BCUT2D eigenvalue weighted by atomic mass is 13.9. The van der Waals surface area contributed by atoms with Gasteiger partial charge in [-0.15, -0.1) is 0 Å². The van der Waals surface area contributed by atoms with Gasteiger partial charge < -0.3 is 0 Å². The first-order chi connectivity index (χ1) is 2.64. The molecule has 0 bridgehead atoms. The summed E-state index contributed by atoms with van der Waals surface area (Å²) in [6, 6.07) is 0. The molecule has 0 fully saturated rings. The fourth-order valence-corrected chi connectivity index (χ4v) is 0. The Morgan fingerprint density at radius 1 is 1.50 bits per heavy atom. The van der Waals surface area contributed by atoms with Crippen LogP contribution in [-0.4, -0.2) is 0 Å². The van der Waals surface area contributed by atoms with Crippen molar-refractivity contribution in [3.63, 3.8) is 0 Å². The standard InChI is InChI=1S/C6H11/c1-5(2)6(3)4/h6H,1-2H2,3-4H3. The summed E-state index contributed by atoms with van der Waals surface area (Å²) in [5.41, 5.74) is 1.01. The molecule has 0 rings (SSSR count). The van der Waals surface area contributed by atoms with Gasteiger partial charge in [-0.1, -0.05) is 26.0 Å². The molecule has 0 saturated carbocycles. The van der Waals surface area contributed by atoms with Crippen molar-refractivity contribution in [3.05, 3.63) is 19.1 Å². The lowest BCUT2D eigenvalue weighted by Crippen LogP contribution is -1.83. The summed E-state index contributed by atoms with van der Waals surface area (Å²) >= 11 is 0. The van der Waals surface area contributed by atoms with Crippen LogP contribution in [-0.2, 0) is 0 Å². The van der Waals surface area contributed by atoms with Crippen LogP contribution in [0.15, 0.2) is 12.2 Å². The summed E-state index contributed by atoms with van der Waals surface area (Å²) in [5.74, 6) is 0.546. The van der Waals surface area contributed by atoms with Gasteiger partial charge >= 0.3 is 0 Å². The van der Waals surface area contributed by atoms with E-state index in [1.54, 1.807) is 0 Å². The van der Waals surface area contributed by atoms with E-state index in [9.17, 15) is 0 Å². The van der Waals surface area contributed by atoms with E-state index in [2.05, 4.69) is 27.4 Å². The molecule has 0 heteroatoms. The Labute approximate surface area is 39.9 Å². The van der Waals surface area contributed by atoms with Crippen LogP contribution in [0.5, 0.6) is 0 Å². The SMILES string of the molecule is [CH2]C(=C)C(C)C. The minimum atomic E-state index is 0.546. The normalized spacial score (nSPS) is 9.33. The van der Waals surface area contributed by atoms with Crippen LogP contribution in [0.2, 0.25) is 0 Å². The van der Waals surface area contributed by atoms with Crippen molar-refractivity contribution in [1.29, 1.82) is 0 Å². The van der Waals surface area contributed by atoms with Crippen molar-refractivity contribution in [2.45, 2.75) is 13.8 Å². The first-order valence-corrected chi connectivity index (χ1v) is 2.15. The molecular weight excluding hydrogens is 72.1 g/mol. The van der Waals surface area contributed by atoms with E-state index in [0.29, 0.717) is 5.92 Å². The number of hydrogen-bond acceptors (Lipinski definition) is 0.